The zero-order chi connectivity index (χ0) is 8.48. The highest BCUT2D eigenvalue weighted by Crippen LogP contribution is 2.13. The van der Waals surface area contributed by atoms with Crippen molar-refractivity contribution in [2.24, 2.45) is 0 Å². The monoisotopic (exact) mass is 195 g/mol. The number of nitrogens with one attached hydrogen (secondary N) is 1. The van der Waals surface area contributed by atoms with Gasteiger partial charge in [-0.25, -0.2) is 8.42 Å². The Bertz CT molecular complexity index is 259. The van der Waals surface area contributed by atoms with Crippen molar-refractivity contribution in [1.82, 2.24) is 5.32 Å². The van der Waals surface area contributed by atoms with E-state index in [4.69, 9.17) is 0 Å². The van der Waals surface area contributed by atoms with Gasteiger partial charge in [0.2, 0.25) is 5.91 Å². The Kier molecular flexibility index (Phi) is 2.43. The number of carbonyl (C=O) groups excluding carboxylic acids is 1. The molecule has 0 saturated carbocycles. The third kappa shape index (κ3) is 1.87. The van der Waals surface area contributed by atoms with Gasteiger partial charge >= 0.3 is 0 Å². The van der Waals surface area contributed by atoms with Crippen LogP contribution in [0, 0.1) is 0 Å². The molecule has 1 saturated heterocycles. The Morgan fingerprint density at radius 2 is 2.27 bits per heavy atom. The SMILES string of the molecule is O=C1CCC(S(=O)(=O)CS)N1. The highest BCUT2D eigenvalue weighted by molar-refractivity contribution is 8.04. The molecule has 4 nitrogen and oxygen atoms in total. The Labute approximate surface area is 70.7 Å². The minimum absolute atomic E-state index is 0.194. The summed E-state index contributed by atoms with van der Waals surface area (Å²) >= 11 is 3.67. The Balaban J connectivity index is 2.71. The molecule has 0 aromatic carbocycles. The minimum Gasteiger partial charge on any atom is -0.339 e. The molecule has 11 heavy (non-hydrogen) atoms. The molecule has 0 spiro atoms. The second-order valence-electron chi connectivity index (χ2n) is 2.39. The van der Waals surface area contributed by atoms with Gasteiger partial charge in [-0.1, -0.05) is 0 Å². The average molecular weight is 195 g/mol. The maximum Gasteiger partial charge on any atom is 0.221 e. The lowest BCUT2D eigenvalue weighted by molar-refractivity contribution is -0.119. The van der Waals surface area contributed by atoms with Crippen LogP contribution in [0.15, 0.2) is 0 Å². The highest BCUT2D eigenvalue weighted by atomic mass is 32.2. The molecule has 1 heterocycles. The van der Waals surface area contributed by atoms with Crippen molar-refractivity contribution in [2.45, 2.75) is 18.2 Å². The van der Waals surface area contributed by atoms with E-state index in [9.17, 15) is 13.2 Å². The van der Waals surface area contributed by atoms with Crippen LogP contribution in [0.25, 0.3) is 0 Å². The van der Waals surface area contributed by atoms with Crippen LogP contribution in [-0.2, 0) is 14.6 Å². The molecule has 0 aliphatic carbocycles. The lowest BCUT2D eigenvalue weighted by atomic mass is 10.4. The molecule has 1 N–H and O–H groups in total. The van der Waals surface area contributed by atoms with Gasteiger partial charge in [-0.3, -0.25) is 4.79 Å². The highest BCUT2D eigenvalue weighted by Gasteiger charge is 2.30. The van der Waals surface area contributed by atoms with Crippen molar-refractivity contribution in [2.75, 3.05) is 5.08 Å². The van der Waals surface area contributed by atoms with Gasteiger partial charge in [-0.05, 0) is 6.42 Å². The number of amides is 1. The molecule has 0 aromatic rings. The van der Waals surface area contributed by atoms with Gasteiger partial charge in [0.05, 0.1) is 5.08 Å². The summed E-state index contributed by atoms with van der Waals surface area (Å²) in [6, 6.07) is 0. The summed E-state index contributed by atoms with van der Waals surface area (Å²) in [6.07, 6.45) is 0.680. The van der Waals surface area contributed by atoms with Crippen molar-refractivity contribution in [1.29, 1.82) is 0 Å². The van der Waals surface area contributed by atoms with Crippen LogP contribution in [0.4, 0.5) is 0 Å². The fourth-order valence-electron chi connectivity index (χ4n) is 0.945. The average Bonchev–Trinajstić information content (AvgIpc) is 2.36. The summed E-state index contributed by atoms with van der Waals surface area (Å²) in [6.45, 7) is 0. The quantitative estimate of drug-likeness (QED) is 0.585. The summed E-state index contributed by atoms with van der Waals surface area (Å²) in [7, 11) is -3.20. The summed E-state index contributed by atoms with van der Waals surface area (Å²) in [5.74, 6) is -0.194. The number of hydrogen-bond donors (Lipinski definition) is 2. The van der Waals surface area contributed by atoms with E-state index in [1.54, 1.807) is 0 Å². The summed E-state index contributed by atoms with van der Waals surface area (Å²) in [5.41, 5.74) is 0. The molecule has 0 aromatic heterocycles. The first-order valence-corrected chi connectivity index (χ1v) is 5.53. The van der Waals surface area contributed by atoms with E-state index in [2.05, 4.69) is 17.9 Å². The first-order chi connectivity index (χ1) is 5.06. The molecule has 1 atom stereocenters. The third-order valence-corrected chi connectivity index (χ3v) is 4.23. The summed E-state index contributed by atoms with van der Waals surface area (Å²) < 4.78 is 22.1. The summed E-state index contributed by atoms with van der Waals surface area (Å²) in [4.78, 5) is 10.6. The van der Waals surface area contributed by atoms with E-state index >= 15 is 0 Å². The van der Waals surface area contributed by atoms with Gasteiger partial charge in [0, 0.05) is 6.42 Å². The molecule has 1 aliphatic rings. The number of hydrogen-bond acceptors (Lipinski definition) is 4. The second-order valence-corrected chi connectivity index (χ2v) is 5.31. The first kappa shape index (κ1) is 8.86. The summed E-state index contributed by atoms with van der Waals surface area (Å²) in [5, 5.41) is 1.46. The number of sulfone groups is 1. The van der Waals surface area contributed by atoms with Crippen LogP contribution in [-0.4, -0.2) is 24.8 Å². The van der Waals surface area contributed by atoms with Crippen LogP contribution >= 0.6 is 12.6 Å². The van der Waals surface area contributed by atoms with Crippen molar-refractivity contribution in [3.8, 4) is 0 Å². The largest absolute Gasteiger partial charge is 0.339 e. The third-order valence-electron chi connectivity index (χ3n) is 1.57. The fourth-order valence-corrected chi connectivity index (χ4v) is 2.45. The predicted molar refractivity (Wildman–Crippen MR) is 43.9 cm³/mol. The number of rotatable bonds is 2. The smallest absolute Gasteiger partial charge is 0.221 e. The molecule has 1 rings (SSSR count). The lowest BCUT2D eigenvalue weighted by Crippen LogP contribution is -2.33. The van der Waals surface area contributed by atoms with Gasteiger partial charge in [0.15, 0.2) is 9.84 Å². The molecule has 0 bridgehead atoms. The number of carbonyl (C=O) groups is 1. The molecular formula is C5H9NO3S2. The zero-order valence-corrected chi connectivity index (χ0v) is 7.49. The molecule has 1 unspecified atom stereocenters. The maximum absolute atomic E-state index is 11.1. The van der Waals surface area contributed by atoms with Gasteiger partial charge in [-0.2, -0.15) is 12.6 Å². The molecule has 6 heteroatoms. The Hall–Kier alpha value is -0.230. The second kappa shape index (κ2) is 3.02. The minimum atomic E-state index is -3.20. The van der Waals surface area contributed by atoms with Crippen LogP contribution < -0.4 is 5.32 Å². The van der Waals surface area contributed by atoms with E-state index in [0.717, 1.165) is 0 Å². The maximum atomic E-state index is 11.1. The molecule has 1 amide bonds. The lowest BCUT2D eigenvalue weighted by Gasteiger charge is -2.07. The standard InChI is InChI=1S/C5H9NO3S2/c7-4-1-2-5(6-4)11(8,9)3-10/h5,10H,1-3H2,(H,6,7). The van der Waals surface area contributed by atoms with Crippen LogP contribution in [0.2, 0.25) is 0 Å². The van der Waals surface area contributed by atoms with Gasteiger partial charge in [0.1, 0.15) is 5.37 Å². The van der Waals surface area contributed by atoms with Crippen molar-refractivity contribution in [3.05, 3.63) is 0 Å². The van der Waals surface area contributed by atoms with Crippen molar-refractivity contribution < 1.29 is 13.2 Å². The van der Waals surface area contributed by atoms with Crippen LogP contribution in [0.3, 0.4) is 0 Å². The Morgan fingerprint density at radius 3 is 2.64 bits per heavy atom. The fraction of sp³-hybridized carbons (Fsp3) is 0.800. The molecule has 1 fully saturated rings. The van der Waals surface area contributed by atoms with E-state index in [-0.39, 0.29) is 11.0 Å². The zero-order valence-electron chi connectivity index (χ0n) is 5.78. The van der Waals surface area contributed by atoms with Gasteiger partial charge in [-0.15, -0.1) is 0 Å². The molecule has 64 valence electrons. The topological polar surface area (TPSA) is 63.2 Å². The van der Waals surface area contributed by atoms with Gasteiger partial charge in [0.25, 0.3) is 0 Å². The first-order valence-electron chi connectivity index (χ1n) is 3.18. The van der Waals surface area contributed by atoms with Crippen molar-refractivity contribution in [3.63, 3.8) is 0 Å². The number of thiol groups is 1. The van der Waals surface area contributed by atoms with E-state index in [0.29, 0.717) is 12.8 Å². The normalized spacial score (nSPS) is 25.2. The van der Waals surface area contributed by atoms with E-state index < -0.39 is 15.2 Å². The van der Waals surface area contributed by atoms with Crippen LogP contribution in [0.1, 0.15) is 12.8 Å². The molecule has 1 aliphatic heterocycles. The van der Waals surface area contributed by atoms with Crippen molar-refractivity contribution >= 4 is 28.4 Å². The van der Waals surface area contributed by atoms with E-state index in [1.807, 2.05) is 0 Å². The predicted octanol–water partition coefficient (Wildman–Crippen LogP) is -0.475. The Morgan fingerprint density at radius 1 is 1.64 bits per heavy atom. The van der Waals surface area contributed by atoms with E-state index in [1.165, 1.54) is 0 Å². The molecular weight excluding hydrogens is 186 g/mol. The molecule has 0 radical (unpaired) electrons. The van der Waals surface area contributed by atoms with Gasteiger partial charge < -0.3 is 5.32 Å². The van der Waals surface area contributed by atoms with Crippen LogP contribution in [0.5, 0.6) is 0 Å².